The van der Waals surface area contributed by atoms with Gasteiger partial charge < -0.3 is 25.8 Å². The minimum absolute atomic E-state index is 0.0191. The summed E-state index contributed by atoms with van der Waals surface area (Å²) in [6, 6.07) is 5.68. The van der Waals surface area contributed by atoms with Crippen molar-refractivity contribution >= 4 is 40.8 Å². The zero-order valence-corrected chi connectivity index (χ0v) is 23.1. The van der Waals surface area contributed by atoms with Crippen molar-refractivity contribution in [2.45, 2.75) is 30.6 Å². The van der Waals surface area contributed by atoms with Crippen molar-refractivity contribution in [1.82, 2.24) is 4.90 Å². The van der Waals surface area contributed by atoms with Gasteiger partial charge in [0.2, 0.25) is 5.91 Å². The number of anilines is 1. The van der Waals surface area contributed by atoms with E-state index in [1.807, 2.05) is 0 Å². The van der Waals surface area contributed by atoms with Crippen LogP contribution in [0.5, 0.6) is 11.5 Å². The summed E-state index contributed by atoms with van der Waals surface area (Å²) in [5.74, 6) is -15.5. The lowest BCUT2D eigenvalue weighted by molar-refractivity contribution is -0.196. The number of primary amides is 1. The first kappa shape index (κ1) is 29.9. The molecule has 3 aliphatic carbocycles. The number of aliphatic hydroxyl groups is 2. The molecular weight excluding hydrogens is 569 g/mol. The fourth-order valence-electron chi connectivity index (χ4n) is 6.84. The highest BCUT2D eigenvalue weighted by Gasteiger charge is 2.72. The summed E-state index contributed by atoms with van der Waals surface area (Å²) in [4.78, 5) is 80.3. The van der Waals surface area contributed by atoms with Gasteiger partial charge in [-0.25, -0.2) is 9.18 Å². The van der Waals surface area contributed by atoms with Crippen LogP contribution in [0.2, 0.25) is 0 Å². The molecule has 2 amide bonds. The first-order valence-corrected chi connectivity index (χ1v) is 13.3. The first-order valence-electron chi connectivity index (χ1n) is 13.3. The largest absolute Gasteiger partial charge is 0.505 e. The Morgan fingerprint density at radius 2 is 1.67 bits per heavy atom. The van der Waals surface area contributed by atoms with Gasteiger partial charge in [-0.1, -0.05) is 13.0 Å². The predicted molar refractivity (Wildman–Crippen MR) is 144 cm³/mol. The molecular formula is C29H28FN3O10. The number of halogens is 1. The Morgan fingerprint density at radius 3 is 2.26 bits per heavy atom. The van der Waals surface area contributed by atoms with E-state index < -0.39 is 99.6 Å². The molecule has 14 heteroatoms. The monoisotopic (exact) mass is 597 g/mol. The van der Waals surface area contributed by atoms with Gasteiger partial charge in [0.1, 0.15) is 17.3 Å². The van der Waals surface area contributed by atoms with E-state index in [1.54, 1.807) is 6.92 Å². The number of phenols is 1. The molecule has 3 aliphatic rings. The molecule has 2 unspecified atom stereocenters. The third kappa shape index (κ3) is 4.32. The number of amides is 2. The van der Waals surface area contributed by atoms with Crippen LogP contribution in [0.4, 0.5) is 14.9 Å². The molecule has 2 aromatic rings. The maximum atomic E-state index is 14.0. The van der Waals surface area contributed by atoms with Crippen molar-refractivity contribution in [3.63, 3.8) is 0 Å². The molecule has 0 aliphatic heterocycles. The third-order valence-electron chi connectivity index (χ3n) is 8.75. The lowest BCUT2D eigenvalue weighted by Crippen LogP contribution is -2.77. The van der Waals surface area contributed by atoms with Crippen LogP contribution in [0.1, 0.15) is 28.8 Å². The average Bonchev–Trinajstić information content (AvgIpc) is 2.93. The average molecular weight is 598 g/mol. The Labute approximate surface area is 243 Å². The normalized spacial score (nSPS) is 31.7. The van der Waals surface area contributed by atoms with Crippen molar-refractivity contribution in [3.8, 4) is 11.5 Å². The van der Waals surface area contributed by atoms with Gasteiger partial charge >= 0.3 is 6.09 Å². The zero-order valence-electron chi connectivity index (χ0n) is 23.1. The van der Waals surface area contributed by atoms with Gasteiger partial charge in [-0.2, -0.15) is 0 Å². The van der Waals surface area contributed by atoms with E-state index in [-0.39, 0.29) is 17.0 Å². The quantitative estimate of drug-likeness (QED) is 0.236. The number of nitrogens with one attached hydrogen (secondary N) is 1. The number of hydrogen-bond acceptors (Lipinski definition) is 11. The molecule has 8 atom stereocenters. The predicted octanol–water partition coefficient (Wildman–Crippen LogP) is 0.149. The van der Waals surface area contributed by atoms with Gasteiger partial charge in [0.05, 0.1) is 35.2 Å². The van der Waals surface area contributed by atoms with Crippen LogP contribution in [-0.4, -0.2) is 87.2 Å². The van der Waals surface area contributed by atoms with Gasteiger partial charge in [0.25, 0.3) is 0 Å². The molecule has 0 aromatic heterocycles. The zero-order chi connectivity index (χ0) is 31.7. The number of carbonyl (C=O) groups is 6. The highest BCUT2D eigenvalue weighted by molar-refractivity contribution is 6.32. The lowest BCUT2D eigenvalue weighted by Gasteiger charge is -2.56. The lowest BCUT2D eigenvalue weighted by atomic mass is 9.49. The number of aliphatic hydroxyl groups excluding tert-OH is 1. The fourth-order valence-corrected chi connectivity index (χ4v) is 6.84. The van der Waals surface area contributed by atoms with Crippen molar-refractivity contribution in [3.05, 3.63) is 53.3 Å². The molecule has 2 aromatic carbocycles. The number of likely N-dealkylation sites (N-methyl/N-ethyl adjacent to an activating group) is 1. The number of rotatable bonds is 4. The van der Waals surface area contributed by atoms with Crippen LogP contribution >= 0.6 is 0 Å². The van der Waals surface area contributed by atoms with Crippen LogP contribution in [0.3, 0.4) is 0 Å². The SMILES string of the molecule is C[C@H]1c2ccc(NC(=O)Oc3ccc(F)cc3)c(O)c2C(=O)C2C(=O)[C@]3(O)C(=O)C(C(N)=O)C(=O)[C@@H](N(C)C)[C@@H]3[C@@H](O)[C@@H]21. The van der Waals surface area contributed by atoms with Crippen molar-refractivity contribution in [2.75, 3.05) is 19.4 Å². The summed E-state index contributed by atoms with van der Waals surface area (Å²) in [5, 5.41) is 36.6. The maximum absolute atomic E-state index is 14.0. The van der Waals surface area contributed by atoms with Gasteiger partial charge in [0.15, 0.2) is 34.7 Å². The van der Waals surface area contributed by atoms with E-state index in [1.165, 1.54) is 43.3 Å². The summed E-state index contributed by atoms with van der Waals surface area (Å²) >= 11 is 0. The summed E-state index contributed by atoms with van der Waals surface area (Å²) in [6.07, 6.45) is -2.86. The highest BCUT2D eigenvalue weighted by Crippen LogP contribution is 2.55. The van der Waals surface area contributed by atoms with Crippen molar-refractivity contribution < 1.29 is 53.2 Å². The number of fused-ring (bicyclic) bond motifs is 3. The molecule has 0 bridgehead atoms. The second-order valence-corrected chi connectivity index (χ2v) is 11.3. The van der Waals surface area contributed by atoms with E-state index >= 15 is 0 Å². The van der Waals surface area contributed by atoms with Gasteiger partial charge in [-0.05, 0) is 55.9 Å². The fraction of sp³-hybridized carbons (Fsp3) is 0.379. The smallest absolute Gasteiger partial charge is 0.417 e. The number of ketones is 4. The number of benzene rings is 2. The first-order chi connectivity index (χ1) is 20.1. The Kier molecular flexibility index (Phi) is 7.19. The van der Waals surface area contributed by atoms with Crippen LogP contribution in [0, 0.1) is 29.5 Å². The van der Waals surface area contributed by atoms with E-state index in [0.717, 1.165) is 12.1 Å². The number of aromatic hydroxyl groups is 1. The Bertz CT molecular complexity index is 1590. The minimum Gasteiger partial charge on any atom is -0.505 e. The summed E-state index contributed by atoms with van der Waals surface area (Å²) in [6.45, 7) is 1.56. The second kappa shape index (κ2) is 10.3. The molecule has 0 radical (unpaired) electrons. The molecule has 13 nitrogen and oxygen atoms in total. The van der Waals surface area contributed by atoms with E-state index in [4.69, 9.17) is 10.5 Å². The molecule has 2 saturated carbocycles. The molecule has 0 heterocycles. The van der Waals surface area contributed by atoms with Crippen LogP contribution in [-0.2, 0) is 19.2 Å². The number of nitrogens with two attached hydrogens (primary N) is 1. The number of ether oxygens (including phenoxy) is 1. The molecule has 6 N–H and O–H groups in total. The molecule has 5 rings (SSSR count). The number of nitrogens with zero attached hydrogens (tertiary/aromatic N) is 1. The molecule has 0 spiro atoms. The van der Waals surface area contributed by atoms with Crippen molar-refractivity contribution in [2.24, 2.45) is 29.4 Å². The van der Waals surface area contributed by atoms with Crippen LogP contribution in [0.25, 0.3) is 0 Å². The van der Waals surface area contributed by atoms with E-state index in [9.17, 15) is 48.5 Å². The number of carbonyl (C=O) groups excluding carboxylic acids is 6. The summed E-state index contributed by atoms with van der Waals surface area (Å²) < 4.78 is 18.2. The standard InChI is InChI=1S/C29H28FN3O10/c1-10-13-8-9-14(32-28(41)43-12-6-4-11(30)5-7-12)21(34)16(13)22(35)17-15(10)23(36)19-20(33(2)3)24(37)18(27(31)40)26(39)29(19,42)25(17)38/h4-10,15,17-20,23,34,36,42H,1-3H3,(H2,31,40)(H,32,41)/t10-,15+,17?,18?,19+,20-,23-,29-/m0/s1. The van der Waals surface area contributed by atoms with Crippen LogP contribution < -0.4 is 15.8 Å². The Morgan fingerprint density at radius 1 is 1.05 bits per heavy atom. The van der Waals surface area contributed by atoms with Gasteiger partial charge in [0, 0.05) is 5.92 Å². The van der Waals surface area contributed by atoms with Gasteiger partial charge in [-0.3, -0.25) is 34.2 Å². The summed E-state index contributed by atoms with van der Waals surface area (Å²) in [5.41, 5.74) is 1.69. The number of hydrogen-bond donors (Lipinski definition) is 5. The van der Waals surface area contributed by atoms with E-state index in [0.29, 0.717) is 0 Å². The number of Topliss-reactive ketones (excluding diaryl/α,β-unsaturated/α-hetero) is 4. The topological polar surface area (TPSA) is 214 Å². The van der Waals surface area contributed by atoms with Crippen LogP contribution in [0.15, 0.2) is 36.4 Å². The minimum atomic E-state index is -3.12. The second-order valence-electron chi connectivity index (χ2n) is 11.3. The molecule has 43 heavy (non-hydrogen) atoms. The Balaban J connectivity index is 1.55. The molecule has 0 saturated heterocycles. The van der Waals surface area contributed by atoms with Gasteiger partial charge in [-0.15, -0.1) is 0 Å². The maximum Gasteiger partial charge on any atom is 0.417 e. The molecule has 2 fully saturated rings. The van der Waals surface area contributed by atoms with E-state index in [2.05, 4.69) is 5.32 Å². The highest BCUT2D eigenvalue weighted by atomic mass is 19.1. The Hall–Kier alpha value is -4.53. The third-order valence-corrected chi connectivity index (χ3v) is 8.75. The van der Waals surface area contributed by atoms with Crippen molar-refractivity contribution in [1.29, 1.82) is 0 Å². The molecule has 226 valence electrons. The summed E-state index contributed by atoms with van der Waals surface area (Å²) in [7, 11) is 2.80. The number of phenolic OH excluding ortho intramolecular Hbond substituents is 1.